The van der Waals surface area contributed by atoms with Crippen molar-refractivity contribution in [2.75, 3.05) is 20.1 Å². The maximum Gasteiger partial charge on any atom is 0.237 e. The third-order valence-corrected chi connectivity index (χ3v) is 3.41. The zero-order valence-corrected chi connectivity index (χ0v) is 11.9. The number of hydrogen-bond donors (Lipinski definition) is 1. The lowest BCUT2D eigenvalue weighted by molar-refractivity contribution is -0.137. The van der Waals surface area contributed by atoms with Gasteiger partial charge in [-0.15, -0.1) is 0 Å². The first-order valence-corrected chi connectivity index (χ1v) is 6.68. The first-order chi connectivity index (χ1) is 9.97. The van der Waals surface area contributed by atoms with Gasteiger partial charge < -0.3 is 15.5 Å². The van der Waals surface area contributed by atoms with E-state index >= 15 is 0 Å². The quantitative estimate of drug-likeness (QED) is 0.781. The highest BCUT2D eigenvalue weighted by atomic mass is 16.2. The Balaban J connectivity index is 1.96. The molecule has 2 N–H and O–H groups in total. The number of hydrogen-bond acceptors (Lipinski definition) is 4. The Morgan fingerprint density at radius 1 is 1.48 bits per heavy atom. The number of rotatable bonds is 5. The van der Waals surface area contributed by atoms with Crippen LogP contribution in [0.1, 0.15) is 12.1 Å². The lowest BCUT2D eigenvalue weighted by atomic mass is 10.1. The normalized spacial score (nSPS) is 17.9. The average Bonchev–Trinajstić information content (AvgIpc) is 2.79. The number of primary amides is 1. The molecule has 112 valence electrons. The Morgan fingerprint density at radius 2 is 2.24 bits per heavy atom. The molecule has 1 aromatic rings. The molecule has 1 fully saturated rings. The molecule has 7 nitrogen and oxygen atoms in total. The summed E-state index contributed by atoms with van der Waals surface area (Å²) >= 11 is 0. The number of carbonyl (C=O) groups is 3. The Morgan fingerprint density at radius 3 is 2.86 bits per heavy atom. The Kier molecular flexibility index (Phi) is 4.52. The highest BCUT2D eigenvalue weighted by molar-refractivity contribution is 5.91. The number of nitrogens with zero attached hydrogens (tertiary/aromatic N) is 3. The van der Waals surface area contributed by atoms with Crippen molar-refractivity contribution in [2.45, 2.75) is 13.0 Å². The smallest absolute Gasteiger partial charge is 0.237 e. The summed E-state index contributed by atoms with van der Waals surface area (Å²) in [6.07, 6.45) is 1.83. The summed E-state index contributed by atoms with van der Waals surface area (Å²) in [7, 11) is 1.51. The van der Waals surface area contributed by atoms with Crippen molar-refractivity contribution < 1.29 is 14.4 Å². The van der Waals surface area contributed by atoms with Crippen molar-refractivity contribution in [3.63, 3.8) is 0 Å². The number of nitrogens with two attached hydrogens (primary N) is 1. The van der Waals surface area contributed by atoms with Crippen LogP contribution in [0.15, 0.2) is 24.4 Å². The van der Waals surface area contributed by atoms with Crippen LogP contribution < -0.4 is 5.73 Å². The molecule has 0 unspecified atom stereocenters. The number of likely N-dealkylation sites (N-methyl/N-ethyl adjacent to an activating group) is 1. The monoisotopic (exact) mass is 290 g/mol. The van der Waals surface area contributed by atoms with Crippen LogP contribution in [-0.2, 0) is 20.9 Å². The zero-order chi connectivity index (χ0) is 15.4. The molecule has 1 aromatic heterocycles. The van der Waals surface area contributed by atoms with Crippen LogP contribution in [0.3, 0.4) is 0 Å². The summed E-state index contributed by atoms with van der Waals surface area (Å²) in [5.74, 6) is -1.30. The van der Waals surface area contributed by atoms with Crippen molar-refractivity contribution >= 4 is 17.7 Å². The van der Waals surface area contributed by atoms with Gasteiger partial charge in [-0.05, 0) is 12.1 Å². The van der Waals surface area contributed by atoms with E-state index in [2.05, 4.69) is 4.98 Å². The highest BCUT2D eigenvalue weighted by Gasteiger charge is 2.35. The van der Waals surface area contributed by atoms with Gasteiger partial charge in [0.1, 0.15) is 0 Å². The molecule has 0 spiro atoms. The SMILES string of the molecule is CN(CC(N)=O)C(=O)[C@@H]1CC(=O)N(Cc2ccccn2)C1. The van der Waals surface area contributed by atoms with Gasteiger partial charge in [-0.1, -0.05) is 6.07 Å². The van der Waals surface area contributed by atoms with Gasteiger partial charge in [0.25, 0.3) is 0 Å². The topological polar surface area (TPSA) is 96.6 Å². The van der Waals surface area contributed by atoms with Crippen LogP contribution in [-0.4, -0.2) is 52.6 Å². The van der Waals surface area contributed by atoms with Crippen LogP contribution in [0.2, 0.25) is 0 Å². The fourth-order valence-corrected chi connectivity index (χ4v) is 2.40. The maximum absolute atomic E-state index is 12.1. The van der Waals surface area contributed by atoms with Gasteiger partial charge in [-0.25, -0.2) is 0 Å². The minimum atomic E-state index is -0.569. The highest BCUT2D eigenvalue weighted by Crippen LogP contribution is 2.21. The fourth-order valence-electron chi connectivity index (χ4n) is 2.40. The third-order valence-electron chi connectivity index (χ3n) is 3.41. The van der Waals surface area contributed by atoms with E-state index in [0.717, 1.165) is 5.69 Å². The van der Waals surface area contributed by atoms with Crippen LogP contribution in [0.4, 0.5) is 0 Å². The first kappa shape index (κ1) is 15.0. The molecule has 2 heterocycles. The predicted molar refractivity (Wildman–Crippen MR) is 74.6 cm³/mol. The fraction of sp³-hybridized carbons (Fsp3) is 0.429. The first-order valence-electron chi connectivity index (χ1n) is 6.68. The van der Waals surface area contributed by atoms with Crippen molar-refractivity contribution in [3.8, 4) is 0 Å². The van der Waals surface area contributed by atoms with Crippen molar-refractivity contribution in [1.82, 2.24) is 14.8 Å². The van der Waals surface area contributed by atoms with Crippen LogP contribution in [0, 0.1) is 5.92 Å². The molecule has 1 aliphatic heterocycles. The molecule has 3 amide bonds. The van der Waals surface area contributed by atoms with E-state index in [1.54, 1.807) is 17.2 Å². The number of pyridine rings is 1. The van der Waals surface area contributed by atoms with Crippen LogP contribution >= 0.6 is 0 Å². The molecule has 0 radical (unpaired) electrons. The number of aromatic nitrogens is 1. The molecule has 21 heavy (non-hydrogen) atoms. The minimum absolute atomic E-state index is 0.0773. The van der Waals surface area contributed by atoms with E-state index < -0.39 is 11.8 Å². The summed E-state index contributed by atoms with van der Waals surface area (Å²) in [5, 5.41) is 0. The van der Waals surface area contributed by atoms with Gasteiger partial charge >= 0.3 is 0 Å². The van der Waals surface area contributed by atoms with Gasteiger partial charge in [-0.3, -0.25) is 19.4 Å². The van der Waals surface area contributed by atoms with Crippen LogP contribution in [0.5, 0.6) is 0 Å². The molecule has 2 rings (SSSR count). The number of carbonyl (C=O) groups excluding carboxylic acids is 3. The van der Waals surface area contributed by atoms with Gasteiger partial charge in [0, 0.05) is 26.2 Å². The van der Waals surface area contributed by atoms with E-state index in [0.29, 0.717) is 13.1 Å². The Bertz CT molecular complexity index is 546. The van der Waals surface area contributed by atoms with Crippen molar-refractivity contribution in [1.29, 1.82) is 0 Å². The molecule has 0 saturated carbocycles. The lowest BCUT2D eigenvalue weighted by Crippen LogP contribution is -2.39. The predicted octanol–water partition coefficient (Wildman–Crippen LogP) is -0.626. The number of likely N-dealkylation sites (tertiary alicyclic amines) is 1. The molecule has 1 atom stereocenters. The second kappa shape index (κ2) is 6.34. The maximum atomic E-state index is 12.1. The minimum Gasteiger partial charge on any atom is -0.368 e. The summed E-state index contributed by atoms with van der Waals surface area (Å²) in [6, 6.07) is 5.49. The van der Waals surface area contributed by atoms with Crippen molar-refractivity contribution in [2.24, 2.45) is 11.7 Å². The Labute approximate surface area is 122 Å². The van der Waals surface area contributed by atoms with Gasteiger partial charge in [-0.2, -0.15) is 0 Å². The molecule has 0 bridgehead atoms. The third kappa shape index (κ3) is 3.77. The molecule has 0 aromatic carbocycles. The molecule has 7 heteroatoms. The summed E-state index contributed by atoms with van der Waals surface area (Å²) in [5.41, 5.74) is 5.85. The van der Waals surface area contributed by atoms with Gasteiger partial charge in [0.05, 0.1) is 24.7 Å². The molecule has 0 aliphatic carbocycles. The summed E-state index contributed by atoms with van der Waals surface area (Å²) in [4.78, 5) is 42.0. The van der Waals surface area contributed by atoms with E-state index in [4.69, 9.17) is 5.73 Å². The molecular weight excluding hydrogens is 272 g/mol. The standard InChI is InChI=1S/C14H18N4O3/c1-17(9-12(15)19)14(21)10-6-13(20)18(7-10)8-11-4-2-3-5-16-11/h2-5,10H,6-9H2,1H3,(H2,15,19)/t10-/m1/s1. The van der Waals surface area contributed by atoms with E-state index in [-0.39, 0.29) is 24.8 Å². The summed E-state index contributed by atoms with van der Waals surface area (Å²) < 4.78 is 0. The lowest BCUT2D eigenvalue weighted by Gasteiger charge is -2.20. The molecule has 1 saturated heterocycles. The second-order valence-electron chi connectivity index (χ2n) is 5.16. The van der Waals surface area contributed by atoms with E-state index in [1.165, 1.54) is 11.9 Å². The van der Waals surface area contributed by atoms with Gasteiger partial charge in [0.2, 0.25) is 17.7 Å². The number of amides is 3. The van der Waals surface area contributed by atoms with Gasteiger partial charge in [0.15, 0.2) is 0 Å². The second-order valence-corrected chi connectivity index (χ2v) is 5.16. The zero-order valence-electron chi connectivity index (χ0n) is 11.9. The Hall–Kier alpha value is -2.44. The van der Waals surface area contributed by atoms with E-state index in [9.17, 15) is 14.4 Å². The average molecular weight is 290 g/mol. The summed E-state index contributed by atoms with van der Waals surface area (Å²) in [6.45, 7) is 0.601. The molecule has 1 aliphatic rings. The van der Waals surface area contributed by atoms with E-state index in [1.807, 2.05) is 12.1 Å². The molecular formula is C14H18N4O3. The van der Waals surface area contributed by atoms with Crippen molar-refractivity contribution in [3.05, 3.63) is 30.1 Å². The van der Waals surface area contributed by atoms with Crippen LogP contribution in [0.25, 0.3) is 0 Å². The largest absolute Gasteiger partial charge is 0.368 e.